The first kappa shape index (κ1) is 14.5. The molecule has 1 amide bonds. The number of rotatable bonds is 3. The lowest BCUT2D eigenvalue weighted by molar-refractivity contribution is -0.125. The summed E-state index contributed by atoms with van der Waals surface area (Å²) in [5.41, 5.74) is 1.12. The lowest BCUT2D eigenvalue weighted by Gasteiger charge is -2.10. The first-order chi connectivity index (χ1) is 10.6. The Hall–Kier alpha value is -2.47. The summed E-state index contributed by atoms with van der Waals surface area (Å²) in [4.78, 5) is 21.1. The van der Waals surface area contributed by atoms with Gasteiger partial charge in [-0.25, -0.2) is 9.37 Å². The molecular weight excluding hydrogens is 309 g/mol. The van der Waals surface area contributed by atoms with Crippen molar-refractivity contribution in [3.05, 3.63) is 59.1 Å². The molecular formula is C15H11ClFN3O2. The van der Waals surface area contributed by atoms with Gasteiger partial charge in [-0.15, -0.1) is 0 Å². The Bertz CT molecular complexity index is 751. The molecule has 0 aliphatic carbocycles. The van der Waals surface area contributed by atoms with E-state index < -0.39 is 17.8 Å². The molecule has 1 aliphatic heterocycles. The fourth-order valence-electron chi connectivity index (χ4n) is 2.06. The number of oxime groups is 1. The predicted octanol–water partition coefficient (Wildman–Crippen LogP) is 3.01. The number of carbonyl (C=O) groups is 1. The van der Waals surface area contributed by atoms with Crippen molar-refractivity contribution in [3.63, 3.8) is 0 Å². The highest BCUT2D eigenvalue weighted by Gasteiger charge is 2.30. The summed E-state index contributed by atoms with van der Waals surface area (Å²) in [6.07, 6.45) is 0.875. The molecule has 0 radical (unpaired) electrons. The van der Waals surface area contributed by atoms with Crippen LogP contribution in [-0.2, 0) is 9.63 Å². The summed E-state index contributed by atoms with van der Waals surface area (Å²) < 4.78 is 13.7. The summed E-state index contributed by atoms with van der Waals surface area (Å²) in [6, 6.07) is 9.49. The lowest BCUT2D eigenvalue weighted by Crippen LogP contribution is -2.28. The van der Waals surface area contributed by atoms with E-state index in [0.29, 0.717) is 17.0 Å². The van der Waals surface area contributed by atoms with Crippen molar-refractivity contribution < 1.29 is 14.0 Å². The van der Waals surface area contributed by atoms with Gasteiger partial charge in [0.1, 0.15) is 5.82 Å². The van der Waals surface area contributed by atoms with E-state index >= 15 is 0 Å². The van der Waals surface area contributed by atoms with Crippen LogP contribution in [0.15, 0.2) is 47.8 Å². The van der Waals surface area contributed by atoms with Gasteiger partial charge in [0.05, 0.1) is 11.4 Å². The Labute approximate surface area is 130 Å². The van der Waals surface area contributed by atoms with Crippen LogP contribution in [0, 0.1) is 5.82 Å². The molecule has 1 atom stereocenters. The average Bonchev–Trinajstić information content (AvgIpc) is 3.00. The quantitative estimate of drug-likeness (QED) is 0.885. The summed E-state index contributed by atoms with van der Waals surface area (Å²) in [7, 11) is 0. The monoisotopic (exact) mass is 319 g/mol. The number of hydrogen-bond donors (Lipinski definition) is 1. The highest BCUT2D eigenvalue weighted by Crippen LogP contribution is 2.22. The van der Waals surface area contributed by atoms with Crippen molar-refractivity contribution in [1.82, 2.24) is 4.98 Å². The topological polar surface area (TPSA) is 63.6 Å². The smallest absolute Gasteiger partial charge is 0.268 e. The Morgan fingerprint density at radius 3 is 2.91 bits per heavy atom. The summed E-state index contributed by atoms with van der Waals surface area (Å²) in [6.45, 7) is 0. The standard InChI is InChI=1S/C15H11ClFN3O2/c16-14-11(6-3-7-18-14)19-15(21)13-8-12(20-22-13)9-4-1-2-5-10(9)17/h1-7,13H,8H2,(H,19,21)/t13-/m1/s1. The third-order valence-electron chi connectivity index (χ3n) is 3.16. The second kappa shape index (κ2) is 6.11. The van der Waals surface area contributed by atoms with Crippen LogP contribution < -0.4 is 5.32 Å². The van der Waals surface area contributed by atoms with E-state index in [-0.39, 0.29) is 11.6 Å². The van der Waals surface area contributed by atoms with E-state index in [9.17, 15) is 9.18 Å². The number of hydrogen-bond acceptors (Lipinski definition) is 4. The van der Waals surface area contributed by atoms with Gasteiger partial charge in [-0.1, -0.05) is 35.0 Å². The maximum absolute atomic E-state index is 13.7. The van der Waals surface area contributed by atoms with Crippen LogP contribution in [0.25, 0.3) is 0 Å². The third kappa shape index (κ3) is 2.92. The van der Waals surface area contributed by atoms with Crippen molar-refractivity contribution in [2.45, 2.75) is 12.5 Å². The normalized spacial score (nSPS) is 16.8. The zero-order chi connectivity index (χ0) is 15.5. The zero-order valence-corrected chi connectivity index (χ0v) is 12.0. The molecule has 22 heavy (non-hydrogen) atoms. The van der Waals surface area contributed by atoms with E-state index in [4.69, 9.17) is 16.4 Å². The molecule has 1 N–H and O–H groups in total. The van der Waals surface area contributed by atoms with Crippen LogP contribution in [-0.4, -0.2) is 22.7 Å². The molecule has 0 unspecified atom stereocenters. The van der Waals surface area contributed by atoms with Gasteiger partial charge in [0, 0.05) is 18.2 Å². The van der Waals surface area contributed by atoms with Crippen LogP contribution in [0.4, 0.5) is 10.1 Å². The van der Waals surface area contributed by atoms with Crippen molar-refractivity contribution in [2.75, 3.05) is 5.32 Å². The molecule has 3 rings (SSSR count). The highest BCUT2D eigenvalue weighted by atomic mass is 35.5. The van der Waals surface area contributed by atoms with Crippen molar-refractivity contribution in [3.8, 4) is 0 Å². The molecule has 112 valence electrons. The van der Waals surface area contributed by atoms with Gasteiger partial charge in [-0.2, -0.15) is 0 Å². The number of nitrogens with one attached hydrogen (secondary N) is 1. The number of halogens is 2. The number of anilines is 1. The largest absolute Gasteiger partial charge is 0.382 e. The SMILES string of the molecule is O=C(Nc1cccnc1Cl)[C@H]1CC(c2ccccc2F)=NO1. The average molecular weight is 320 g/mol. The molecule has 7 heteroatoms. The fourth-order valence-corrected chi connectivity index (χ4v) is 2.23. The lowest BCUT2D eigenvalue weighted by atomic mass is 10.0. The van der Waals surface area contributed by atoms with Crippen LogP contribution in [0.2, 0.25) is 5.15 Å². The summed E-state index contributed by atoms with van der Waals surface area (Å²) >= 11 is 5.88. The van der Waals surface area contributed by atoms with Crippen LogP contribution in [0.5, 0.6) is 0 Å². The zero-order valence-electron chi connectivity index (χ0n) is 11.3. The van der Waals surface area contributed by atoms with Gasteiger partial charge in [-0.3, -0.25) is 4.79 Å². The molecule has 2 aromatic rings. The first-order valence-corrected chi connectivity index (χ1v) is 6.92. The first-order valence-electron chi connectivity index (χ1n) is 6.54. The number of benzene rings is 1. The molecule has 0 saturated carbocycles. The Kier molecular flexibility index (Phi) is 4.02. The molecule has 2 heterocycles. The molecule has 0 bridgehead atoms. The van der Waals surface area contributed by atoms with Crippen molar-refractivity contribution in [1.29, 1.82) is 0 Å². The van der Waals surface area contributed by atoms with Crippen LogP contribution in [0.3, 0.4) is 0 Å². The van der Waals surface area contributed by atoms with Crippen LogP contribution in [0.1, 0.15) is 12.0 Å². The van der Waals surface area contributed by atoms with Gasteiger partial charge >= 0.3 is 0 Å². The summed E-state index contributed by atoms with van der Waals surface area (Å²) in [5.74, 6) is -0.814. The molecule has 1 aliphatic rings. The molecule has 1 aromatic carbocycles. The van der Waals surface area contributed by atoms with Crippen LogP contribution >= 0.6 is 11.6 Å². The maximum Gasteiger partial charge on any atom is 0.268 e. The molecule has 1 aromatic heterocycles. The minimum Gasteiger partial charge on any atom is -0.382 e. The van der Waals surface area contributed by atoms with Gasteiger partial charge in [0.2, 0.25) is 6.10 Å². The third-order valence-corrected chi connectivity index (χ3v) is 3.46. The number of pyridine rings is 1. The predicted molar refractivity (Wildman–Crippen MR) is 80.3 cm³/mol. The second-order valence-corrected chi connectivity index (χ2v) is 5.01. The van der Waals surface area contributed by atoms with E-state index in [1.165, 1.54) is 12.3 Å². The number of aromatic nitrogens is 1. The minimum absolute atomic E-state index is 0.184. The Morgan fingerprint density at radius 1 is 1.32 bits per heavy atom. The van der Waals surface area contributed by atoms with Crippen molar-refractivity contribution in [2.24, 2.45) is 5.16 Å². The second-order valence-electron chi connectivity index (χ2n) is 4.65. The minimum atomic E-state index is -0.828. The van der Waals surface area contributed by atoms with E-state index in [0.717, 1.165) is 0 Å². The highest BCUT2D eigenvalue weighted by molar-refractivity contribution is 6.32. The number of carbonyl (C=O) groups excluding carboxylic acids is 1. The van der Waals surface area contributed by atoms with Gasteiger partial charge in [-0.05, 0) is 18.2 Å². The Balaban J connectivity index is 1.68. The molecule has 0 fully saturated rings. The van der Waals surface area contributed by atoms with Gasteiger partial charge < -0.3 is 10.2 Å². The molecule has 0 saturated heterocycles. The van der Waals surface area contributed by atoms with Gasteiger partial charge in [0.25, 0.3) is 5.91 Å². The maximum atomic E-state index is 13.7. The van der Waals surface area contributed by atoms with E-state index in [1.807, 2.05) is 0 Å². The van der Waals surface area contributed by atoms with E-state index in [1.54, 1.807) is 30.3 Å². The van der Waals surface area contributed by atoms with Crippen molar-refractivity contribution >= 4 is 28.9 Å². The summed E-state index contributed by atoms with van der Waals surface area (Å²) in [5, 5.41) is 6.60. The van der Waals surface area contributed by atoms with Gasteiger partial charge in [0.15, 0.2) is 5.15 Å². The van der Waals surface area contributed by atoms with E-state index in [2.05, 4.69) is 15.5 Å². The number of amides is 1. The number of nitrogens with zero attached hydrogens (tertiary/aromatic N) is 2. The molecule has 5 nitrogen and oxygen atoms in total. The Morgan fingerprint density at radius 2 is 2.14 bits per heavy atom. The molecule has 0 spiro atoms. The fraction of sp³-hybridized carbons (Fsp3) is 0.133.